The largest absolute Gasteiger partial charge is 0.324 e. The monoisotopic (exact) mass is 114 g/mol. The molecule has 0 amide bonds. The summed E-state index contributed by atoms with van der Waals surface area (Å²) in [5, 5.41) is 3.14. The first-order chi connectivity index (χ1) is 3.69. The number of nitrogens with two attached hydrogens (primary N) is 1. The maximum absolute atomic E-state index is 5.84. The summed E-state index contributed by atoms with van der Waals surface area (Å²) in [6.07, 6.45) is 2.38. The highest BCUT2D eigenvalue weighted by molar-refractivity contribution is 5.05. The van der Waals surface area contributed by atoms with Gasteiger partial charge in [-0.2, -0.15) is 0 Å². The summed E-state index contributed by atoms with van der Waals surface area (Å²) >= 11 is 0. The van der Waals surface area contributed by atoms with Crippen molar-refractivity contribution in [2.45, 2.75) is 31.3 Å². The Balaban J connectivity index is 2.34. The van der Waals surface area contributed by atoms with Crippen LogP contribution < -0.4 is 11.1 Å². The SMILES string of the molecule is CNC(C)C1(N)CC1. The molecule has 0 aromatic heterocycles. The summed E-state index contributed by atoms with van der Waals surface area (Å²) in [7, 11) is 1.96. The van der Waals surface area contributed by atoms with Crippen LogP contribution in [0.25, 0.3) is 0 Å². The molecule has 0 radical (unpaired) electrons. The van der Waals surface area contributed by atoms with Gasteiger partial charge in [-0.1, -0.05) is 0 Å². The molecule has 1 fully saturated rings. The van der Waals surface area contributed by atoms with Gasteiger partial charge in [-0.05, 0) is 26.8 Å². The van der Waals surface area contributed by atoms with Crippen LogP contribution in [0.15, 0.2) is 0 Å². The molecule has 0 spiro atoms. The van der Waals surface area contributed by atoms with Gasteiger partial charge >= 0.3 is 0 Å². The van der Waals surface area contributed by atoms with Gasteiger partial charge in [-0.25, -0.2) is 0 Å². The molecule has 2 nitrogen and oxygen atoms in total. The first kappa shape index (κ1) is 6.05. The zero-order chi connectivity index (χ0) is 6.20. The second-order valence-corrected chi connectivity index (χ2v) is 2.74. The average Bonchev–Trinajstić information content (AvgIpc) is 2.47. The average molecular weight is 114 g/mol. The third kappa shape index (κ3) is 0.858. The molecule has 0 bridgehead atoms. The van der Waals surface area contributed by atoms with Gasteiger partial charge in [0.05, 0.1) is 0 Å². The Kier molecular flexibility index (Phi) is 1.29. The maximum atomic E-state index is 5.84. The standard InChI is InChI=1S/C6H14N2/c1-5(8-2)6(7)3-4-6/h5,8H,3-4,7H2,1-2H3. The van der Waals surface area contributed by atoms with Crippen molar-refractivity contribution in [3.63, 3.8) is 0 Å². The lowest BCUT2D eigenvalue weighted by Gasteiger charge is -2.16. The molecule has 0 aromatic rings. The molecule has 1 rings (SSSR count). The van der Waals surface area contributed by atoms with Gasteiger partial charge in [0.2, 0.25) is 0 Å². The second-order valence-electron chi connectivity index (χ2n) is 2.74. The molecule has 0 saturated heterocycles. The summed E-state index contributed by atoms with van der Waals surface area (Å²) in [5.74, 6) is 0. The molecular formula is C6H14N2. The number of hydrogen-bond acceptors (Lipinski definition) is 2. The molecule has 3 N–H and O–H groups in total. The Morgan fingerprint density at radius 2 is 2.12 bits per heavy atom. The Bertz CT molecular complexity index is 86.5. The Morgan fingerprint density at radius 3 is 2.25 bits per heavy atom. The van der Waals surface area contributed by atoms with E-state index in [1.807, 2.05) is 7.05 Å². The van der Waals surface area contributed by atoms with Gasteiger partial charge in [0, 0.05) is 11.6 Å². The van der Waals surface area contributed by atoms with Crippen LogP contribution in [0.3, 0.4) is 0 Å². The van der Waals surface area contributed by atoms with Gasteiger partial charge in [0.25, 0.3) is 0 Å². The maximum Gasteiger partial charge on any atom is 0.0308 e. The molecule has 0 heterocycles. The van der Waals surface area contributed by atoms with E-state index in [0.29, 0.717) is 6.04 Å². The fourth-order valence-electron chi connectivity index (χ4n) is 0.865. The molecule has 1 unspecified atom stereocenters. The van der Waals surface area contributed by atoms with Crippen LogP contribution >= 0.6 is 0 Å². The van der Waals surface area contributed by atoms with Crippen molar-refractivity contribution in [3.05, 3.63) is 0 Å². The lowest BCUT2D eigenvalue weighted by Crippen LogP contribution is -2.43. The summed E-state index contributed by atoms with van der Waals surface area (Å²) in [6, 6.07) is 0.488. The van der Waals surface area contributed by atoms with Crippen LogP contribution in [0.5, 0.6) is 0 Å². The minimum atomic E-state index is 0.148. The number of likely N-dealkylation sites (N-methyl/N-ethyl adjacent to an activating group) is 1. The van der Waals surface area contributed by atoms with Crippen LogP contribution in [0, 0.1) is 0 Å². The van der Waals surface area contributed by atoms with Crippen molar-refractivity contribution >= 4 is 0 Å². The quantitative estimate of drug-likeness (QED) is 0.533. The van der Waals surface area contributed by atoms with E-state index < -0.39 is 0 Å². The summed E-state index contributed by atoms with van der Waals surface area (Å²) in [5.41, 5.74) is 5.99. The van der Waals surface area contributed by atoms with Crippen molar-refractivity contribution in [1.29, 1.82) is 0 Å². The smallest absolute Gasteiger partial charge is 0.0308 e. The first-order valence-corrected chi connectivity index (χ1v) is 3.15. The molecular weight excluding hydrogens is 100 g/mol. The minimum Gasteiger partial charge on any atom is -0.324 e. The topological polar surface area (TPSA) is 38.0 Å². The highest BCUT2D eigenvalue weighted by Crippen LogP contribution is 2.35. The molecule has 2 heteroatoms. The summed E-state index contributed by atoms with van der Waals surface area (Å²) in [4.78, 5) is 0. The van der Waals surface area contributed by atoms with Gasteiger partial charge in [-0.15, -0.1) is 0 Å². The molecule has 0 aromatic carbocycles. The third-order valence-corrected chi connectivity index (χ3v) is 2.12. The molecule has 1 atom stereocenters. The van der Waals surface area contributed by atoms with Gasteiger partial charge in [0.1, 0.15) is 0 Å². The fraction of sp³-hybridized carbons (Fsp3) is 1.00. The van der Waals surface area contributed by atoms with Crippen molar-refractivity contribution in [2.24, 2.45) is 5.73 Å². The van der Waals surface area contributed by atoms with Crippen molar-refractivity contribution < 1.29 is 0 Å². The van der Waals surface area contributed by atoms with Gasteiger partial charge in [-0.3, -0.25) is 0 Å². The Labute approximate surface area is 50.4 Å². The number of nitrogens with one attached hydrogen (secondary N) is 1. The second kappa shape index (κ2) is 1.71. The fourth-order valence-corrected chi connectivity index (χ4v) is 0.865. The van der Waals surface area contributed by atoms with E-state index >= 15 is 0 Å². The normalized spacial score (nSPS) is 27.4. The van der Waals surface area contributed by atoms with E-state index in [4.69, 9.17) is 5.73 Å². The van der Waals surface area contributed by atoms with E-state index in [9.17, 15) is 0 Å². The number of hydrogen-bond donors (Lipinski definition) is 2. The van der Waals surface area contributed by atoms with Crippen LogP contribution in [0.4, 0.5) is 0 Å². The van der Waals surface area contributed by atoms with Crippen molar-refractivity contribution in [2.75, 3.05) is 7.05 Å². The van der Waals surface area contributed by atoms with Crippen LogP contribution in [0.1, 0.15) is 19.8 Å². The molecule has 1 saturated carbocycles. The zero-order valence-corrected chi connectivity index (χ0v) is 5.57. The highest BCUT2D eigenvalue weighted by atomic mass is 15.0. The van der Waals surface area contributed by atoms with Crippen molar-refractivity contribution in [1.82, 2.24) is 5.32 Å². The van der Waals surface area contributed by atoms with Crippen molar-refractivity contribution in [3.8, 4) is 0 Å². The van der Waals surface area contributed by atoms with Gasteiger partial charge in [0.15, 0.2) is 0 Å². The van der Waals surface area contributed by atoms with Crippen LogP contribution in [0.2, 0.25) is 0 Å². The van der Waals surface area contributed by atoms with E-state index in [-0.39, 0.29) is 5.54 Å². The van der Waals surface area contributed by atoms with E-state index in [1.165, 1.54) is 12.8 Å². The summed E-state index contributed by atoms with van der Waals surface area (Å²) in [6.45, 7) is 2.13. The Hall–Kier alpha value is -0.0800. The lowest BCUT2D eigenvalue weighted by molar-refractivity contribution is 0.477. The molecule has 8 heavy (non-hydrogen) atoms. The van der Waals surface area contributed by atoms with Crippen LogP contribution in [-0.4, -0.2) is 18.6 Å². The predicted molar refractivity (Wildman–Crippen MR) is 34.7 cm³/mol. The Morgan fingerprint density at radius 1 is 1.62 bits per heavy atom. The third-order valence-electron chi connectivity index (χ3n) is 2.12. The highest BCUT2D eigenvalue weighted by Gasteiger charge is 2.42. The van der Waals surface area contributed by atoms with Crippen LogP contribution in [-0.2, 0) is 0 Å². The van der Waals surface area contributed by atoms with E-state index in [1.54, 1.807) is 0 Å². The first-order valence-electron chi connectivity index (χ1n) is 3.15. The number of rotatable bonds is 2. The lowest BCUT2D eigenvalue weighted by atomic mass is 10.1. The minimum absolute atomic E-state index is 0.148. The van der Waals surface area contributed by atoms with E-state index in [2.05, 4.69) is 12.2 Å². The predicted octanol–water partition coefficient (Wildman–Crippen LogP) is 0.0856. The summed E-state index contributed by atoms with van der Waals surface area (Å²) < 4.78 is 0. The zero-order valence-electron chi connectivity index (χ0n) is 5.57. The van der Waals surface area contributed by atoms with E-state index in [0.717, 1.165) is 0 Å². The molecule has 48 valence electrons. The molecule has 1 aliphatic carbocycles. The van der Waals surface area contributed by atoms with Gasteiger partial charge < -0.3 is 11.1 Å². The molecule has 0 aliphatic heterocycles. The molecule has 1 aliphatic rings.